The molecule has 2 aliphatic heterocycles. The highest BCUT2D eigenvalue weighted by molar-refractivity contribution is 5.86. The summed E-state index contributed by atoms with van der Waals surface area (Å²) in [5.74, 6) is -3.32. The molecule has 17 heavy (non-hydrogen) atoms. The van der Waals surface area contributed by atoms with E-state index >= 15 is 0 Å². The Bertz CT molecular complexity index is 348. The fourth-order valence-corrected chi connectivity index (χ4v) is 2.39. The van der Waals surface area contributed by atoms with Crippen LogP contribution in [0.5, 0.6) is 0 Å². The van der Waals surface area contributed by atoms with Gasteiger partial charge in [-0.05, 0) is 12.8 Å². The number of carboxylic acid groups (broad SMARTS) is 1. The molecule has 2 heterocycles. The molecule has 2 amide bonds. The first-order valence-corrected chi connectivity index (χ1v) is 5.57. The van der Waals surface area contributed by atoms with E-state index < -0.39 is 30.5 Å². The normalized spacial score (nSPS) is 27.5. The predicted molar refractivity (Wildman–Crippen MR) is 53.9 cm³/mol. The quantitative estimate of drug-likeness (QED) is 0.753. The number of amides is 2. The van der Waals surface area contributed by atoms with Crippen molar-refractivity contribution in [1.82, 2.24) is 9.80 Å². The molecule has 96 valence electrons. The number of hydrogen-bond acceptors (Lipinski definition) is 2. The van der Waals surface area contributed by atoms with Gasteiger partial charge in [-0.3, -0.25) is 9.69 Å². The minimum atomic E-state index is -2.83. The standard InChI is InChI=1S/C10H14F2N2O3/c11-10(12)3-5-13(6-10)8(15)7-2-1-4-14(7)9(16)17/h7H,1-6H2,(H,16,17)/t7-/m0/s1. The second-order valence-electron chi connectivity index (χ2n) is 4.50. The maximum Gasteiger partial charge on any atom is 0.407 e. The van der Waals surface area contributed by atoms with E-state index in [1.54, 1.807) is 0 Å². The summed E-state index contributed by atoms with van der Waals surface area (Å²) in [7, 11) is 0. The van der Waals surface area contributed by atoms with E-state index in [1.807, 2.05) is 0 Å². The third-order valence-electron chi connectivity index (χ3n) is 3.26. The van der Waals surface area contributed by atoms with Crippen LogP contribution in [0.25, 0.3) is 0 Å². The van der Waals surface area contributed by atoms with Crippen molar-refractivity contribution in [1.29, 1.82) is 0 Å². The zero-order chi connectivity index (χ0) is 12.6. The van der Waals surface area contributed by atoms with Crippen molar-refractivity contribution in [2.75, 3.05) is 19.6 Å². The molecule has 0 spiro atoms. The lowest BCUT2D eigenvalue weighted by Crippen LogP contribution is -2.47. The molecule has 1 atom stereocenters. The van der Waals surface area contributed by atoms with Crippen LogP contribution in [0.1, 0.15) is 19.3 Å². The van der Waals surface area contributed by atoms with E-state index in [9.17, 15) is 18.4 Å². The van der Waals surface area contributed by atoms with Crippen LogP contribution in [0.2, 0.25) is 0 Å². The van der Waals surface area contributed by atoms with Crippen LogP contribution in [0.15, 0.2) is 0 Å². The molecule has 5 nitrogen and oxygen atoms in total. The summed E-state index contributed by atoms with van der Waals surface area (Å²) < 4.78 is 25.9. The Morgan fingerprint density at radius 3 is 2.53 bits per heavy atom. The Hall–Kier alpha value is -1.40. The van der Waals surface area contributed by atoms with Gasteiger partial charge in [-0.25, -0.2) is 13.6 Å². The molecule has 2 rings (SSSR count). The van der Waals surface area contributed by atoms with Crippen LogP contribution in [0.3, 0.4) is 0 Å². The average molecular weight is 248 g/mol. The lowest BCUT2D eigenvalue weighted by atomic mass is 10.2. The van der Waals surface area contributed by atoms with E-state index in [4.69, 9.17) is 5.11 Å². The van der Waals surface area contributed by atoms with Gasteiger partial charge in [0, 0.05) is 19.5 Å². The summed E-state index contributed by atoms with van der Waals surface area (Å²) in [6, 6.07) is -0.776. The SMILES string of the molecule is O=C([C@@H]1CCCN1C(=O)O)N1CCC(F)(F)C1. The predicted octanol–water partition coefficient (Wildman–Crippen LogP) is 0.996. The first-order chi connectivity index (χ1) is 7.91. The number of carbonyl (C=O) groups excluding carboxylic acids is 1. The molecule has 0 unspecified atom stereocenters. The second kappa shape index (κ2) is 4.12. The van der Waals surface area contributed by atoms with Crippen LogP contribution in [0, 0.1) is 0 Å². The van der Waals surface area contributed by atoms with Gasteiger partial charge in [0.25, 0.3) is 5.92 Å². The maximum absolute atomic E-state index is 13.0. The molecule has 0 bridgehead atoms. The van der Waals surface area contributed by atoms with Crippen LogP contribution in [-0.4, -0.2) is 58.5 Å². The molecule has 2 aliphatic rings. The van der Waals surface area contributed by atoms with Crippen LogP contribution in [-0.2, 0) is 4.79 Å². The van der Waals surface area contributed by atoms with Crippen molar-refractivity contribution in [3.8, 4) is 0 Å². The van der Waals surface area contributed by atoms with Gasteiger partial charge < -0.3 is 10.0 Å². The molecule has 1 N–H and O–H groups in total. The molecular formula is C10H14F2N2O3. The Labute approximate surface area is 97.0 Å². The fourth-order valence-electron chi connectivity index (χ4n) is 2.39. The zero-order valence-corrected chi connectivity index (χ0v) is 9.23. The Morgan fingerprint density at radius 1 is 1.29 bits per heavy atom. The van der Waals surface area contributed by atoms with Crippen LogP contribution in [0.4, 0.5) is 13.6 Å². The van der Waals surface area contributed by atoms with Crippen molar-refractivity contribution in [3.05, 3.63) is 0 Å². The number of hydrogen-bond donors (Lipinski definition) is 1. The van der Waals surface area contributed by atoms with Crippen molar-refractivity contribution in [2.24, 2.45) is 0 Å². The molecule has 0 aromatic heterocycles. The lowest BCUT2D eigenvalue weighted by molar-refractivity contribution is -0.135. The van der Waals surface area contributed by atoms with Crippen molar-refractivity contribution >= 4 is 12.0 Å². The molecule has 0 aliphatic carbocycles. The van der Waals surface area contributed by atoms with Gasteiger partial charge in [0.15, 0.2) is 0 Å². The van der Waals surface area contributed by atoms with Gasteiger partial charge in [0.1, 0.15) is 6.04 Å². The molecule has 0 saturated carbocycles. The zero-order valence-electron chi connectivity index (χ0n) is 9.23. The summed E-state index contributed by atoms with van der Waals surface area (Å²) in [6.45, 7) is -0.276. The van der Waals surface area contributed by atoms with Gasteiger partial charge in [0.05, 0.1) is 6.54 Å². The summed E-state index contributed by atoms with van der Waals surface area (Å²) >= 11 is 0. The van der Waals surface area contributed by atoms with Gasteiger partial charge in [0.2, 0.25) is 5.91 Å². The van der Waals surface area contributed by atoms with Gasteiger partial charge in [-0.15, -0.1) is 0 Å². The van der Waals surface area contributed by atoms with Gasteiger partial charge in [-0.2, -0.15) is 0 Å². The molecule has 0 aromatic carbocycles. The topological polar surface area (TPSA) is 60.9 Å². The molecule has 0 aromatic rings. The summed E-state index contributed by atoms with van der Waals surface area (Å²) in [5.41, 5.74) is 0. The second-order valence-corrected chi connectivity index (χ2v) is 4.50. The number of alkyl halides is 2. The first kappa shape index (κ1) is 12.1. The molecule has 7 heteroatoms. The first-order valence-electron chi connectivity index (χ1n) is 5.57. The van der Waals surface area contributed by atoms with Crippen molar-refractivity contribution in [2.45, 2.75) is 31.2 Å². The maximum atomic E-state index is 13.0. The highest BCUT2D eigenvalue weighted by atomic mass is 19.3. The third kappa shape index (κ3) is 2.32. The molecule has 0 radical (unpaired) electrons. The van der Waals surface area contributed by atoms with Crippen LogP contribution < -0.4 is 0 Å². The Balaban J connectivity index is 2.03. The molecule has 2 fully saturated rings. The number of halogens is 2. The summed E-state index contributed by atoms with van der Waals surface area (Å²) in [6.07, 6.45) is -0.467. The summed E-state index contributed by atoms with van der Waals surface area (Å²) in [4.78, 5) is 24.9. The minimum Gasteiger partial charge on any atom is -0.465 e. The Morgan fingerprint density at radius 2 is 2.00 bits per heavy atom. The van der Waals surface area contributed by atoms with E-state index in [1.165, 1.54) is 0 Å². The fraction of sp³-hybridized carbons (Fsp3) is 0.800. The molecular weight excluding hydrogens is 234 g/mol. The van der Waals surface area contributed by atoms with E-state index in [-0.39, 0.29) is 13.0 Å². The van der Waals surface area contributed by atoms with Crippen molar-refractivity contribution < 1.29 is 23.5 Å². The van der Waals surface area contributed by atoms with Crippen LogP contribution >= 0.6 is 0 Å². The van der Waals surface area contributed by atoms with E-state index in [2.05, 4.69) is 0 Å². The minimum absolute atomic E-state index is 0.00971. The number of nitrogens with zero attached hydrogens (tertiary/aromatic N) is 2. The highest BCUT2D eigenvalue weighted by Crippen LogP contribution is 2.29. The van der Waals surface area contributed by atoms with E-state index in [0.29, 0.717) is 19.4 Å². The van der Waals surface area contributed by atoms with E-state index in [0.717, 1.165) is 9.80 Å². The number of rotatable bonds is 1. The molecule has 2 saturated heterocycles. The Kier molecular flexibility index (Phi) is 2.92. The smallest absolute Gasteiger partial charge is 0.407 e. The monoisotopic (exact) mass is 248 g/mol. The summed E-state index contributed by atoms with van der Waals surface area (Å²) in [5, 5.41) is 8.89. The number of carbonyl (C=O) groups is 2. The highest BCUT2D eigenvalue weighted by Gasteiger charge is 2.44. The number of likely N-dealkylation sites (tertiary alicyclic amines) is 2. The third-order valence-corrected chi connectivity index (χ3v) is 3.26. The largest absolute Gasteiger partial charge is 0.465 e. The van der Waals surface area contributed by atoms with Crippen molar-refractivity contribution in [3.63, 3.8) is 0 Å². The average Bonchev–Trinajstić information content (AvgIpc) is 2.82. The van der Waals surface area contributed by atoms with Gasteiger partial charge >= 0.3 is 6.09 Å². The van der Waals surface area contributed by atoms with Gasteiger partial charge in [-0.1, -0.05) is 0 Å². The lowest BCUT2D eigenvalue weighted by Gasteiger charge is -2.25.